The van der Waals surface area contributed by atoms with Crippen LogP contribution >= 0.6 is 0 Å². The average molecular weight is 246 g/mol. The Morgan fingerprint density at radius 3 is 3.11 bits per heavy atom. The number of nitriles is 1. The molecule has 1 unspecified atom stereocenters. The molecule has 18 heavy (non-hydrogen) atoms. The van der Waals surface area contributed by atoms with Gasteiger partial charge in [-0.25, -0.2) is 0 Å². The van der Waals surface area contributed by atoms with Gasteiger partial charge >= 0.3 is 0 Å². The van der Waals surface area contributed by atoms with Crippen molar-refractivity contribution < 1.29 is 14.3 Å². The molecule has 0 spiro atoms. The first kappa shape index (κ1) is 12.4. The summed E-state index contributed by atoms with van der Waals surface area (Å²) in [6.07, 6.45) is 3.87. The summed E-state index contributed by atoms with van der Waals surface area (Å²) in [5.41, 5.74) is 0.0269. The Bertz CT molecular complexity index is 485. The van der Waals surface area contributed by atoms with Crippen molar-refractivity contribution in [1.29, 1.82) is 5.26 Å². The van der Waals surface area contributed by atoms with Crippen LogP contribution in [0, 0.1) is 11.3 Å². The lowest BCUT2D eigenvalue weighted by Crippen LogP contribution is -2.42. The number of piperidine rings is 1. The van der Waals surface area contributed by atoms with Crippen molar-refractivity contribution in [3.63, 3.8) is 0 Å². The number of β-amino-alcohol motifs (C(OH)–C–C–N with tert-alkyl or cyclic N) is 1. The number of aliphatic hydroxyl groups excluding tert-OH is 1. The number of furan rings is 1. The number of nitrogens with zero attached hydrogens (tertiary/aromatic N) is 2. The van der Waals surface area contributed by atoms with Crippen LogP contribution < -0.4 is 0 Å². The zero-order chi connectivity index (χ0) is 13.0. The highest BCUT2D eigenvalue weighted by molar-refractivity contribution is 6.01. The van der Waals surface area contributed by atoms with Crippen LogP contribution in [0.3, 0.4) is 0 Å². The van der Waals surface area contributed by atoms with Crippen LogP contribution in [0.4, 0.5) is 0 Å². The summed E-state index contributed by atoms with van der Waals surface area (Å²) in [6, 6.07) is 5.25. The quantitative estimate of drug-likeness (QED) is 0.627. The van der Waals surface area contributed by atoms with E-state index in [0.29, 0.717) is 18.7 Å². The molecule has 5 heteroatoms. The first-order chi connectivity index (χ1) is 8.70. The number of rotatable bonds is 2. The van der Waals surface area contributed by atoms with Crippen LogP contribution in [0.15, 0.2) is 28.4 Å². The number of likely N-dealkylation sites (tertiary alicyclic amines) is 1. The Balaban J connectivity index is 2.13. The van der Waals surface area contributed by atoms with E-state index in [-0.39, 0.29) is 18.0 Å². The number of hydrogen-bond donors (Lipinski definition) is 1. The minimum absolute atomic E-state index is 0.0269. The fourth-order valence-corrected chi connectivity index (χ4v) is 1.97. The van der Waals surface area contributed by atoms with Crippen LogP contribution in [0.2, 0.25) is 0 Å². The molecule has 1 aromatic rings. The van der Waals surface area contributed by atoms with Crippen molar-refractivity contribution in [1.82, 2.24) is 4.90 Å². The fraction of sp³-hybridized carbons (Fsp3) is 0.385. The lowest BCUT2D eigenvalue weighted by Gasteiger charge is -2.29. The number of carbonyl (C=O) groups excluding carboxylic acids is 1. The summed E-state index contributed by atoms with van der Waals surface area (Å²) in [4.78, 5) is 13.6. The molecule has 1 fully saturated rings. The number of hydrogen-bond acceptors (Lipinski definition) is 4. The van der Waals surface area contributed by atoms with E-state index in [1.54, 1.807) is 12.1 Å². The number of carbonyl (C=O) groups is 1. The molecule has 1 aromatic heterocycles. The second kappa shape index (κ2) is 5.52. The Morgan fingerprint density at radius 2 is 2.50 bits per heavy atom. The predicted molar refractivity (Wildman–Crippen MR) is 64.1 cm³/mol. The minimum Gasteiger partial charge on any atom is -0.465 e. The highest BCUT2D eigenvalue weighted by Crippen LogP contribution is 2.15. The maximum absolute atomic E-state index is 12.1. The zero-order valence-electron chi connectivity index (χ0n) is 9.87. The third-order valence-corrected chi connectivity index (χ3v) is 2.86. The van der Waals surface area contributed by atoms with Crippen molar-refractivity contribution >= 4 is 12.0 Å². The standard InChI is InChI=1S/C13H14N2O3/c14-8-10(7-12-4-2-6-18-12)13(17)15-5-1-3-11(16)9-15/h2,4,6-7,11,16H,1,3,5,9H2/b10-7+. The first-order valence-electron chi connectivity index (χ1n) is 5.83. The first-order valence-corrected chi connectivity index (χ1v) is 5.83. The Morgan fingerprint density at radius 1 is 1.67 bits per heavy atom. The van der Waals surface area contributed by atoms with Crippen molar-refractivity contribution in [2.45, 2.75) is 18.9 Å². The van der Waals surface area contributed by atoms with E-state index in [4.69, 9.17) is 9.68 Å². The van der Waals surface area contributed by atoms with Crippen LogP contribution in [0.5, 0.6) is 0 Å². The second-order valence-electron chi connectivity index (χ2n) is 4.23. The third kappa shape index (κ3) is 2.79. The number of amides is 1. The molecule has 94 valence electrons. The van der Waals surface area contributed by atoms with E-state index >= 15 is 0 Å². The van der Waals surface area contributed by atoms with Gasteiger partial charge in [-0.15, -0.1) is 0 Å². The van der Waals surface area contributed by atoms with Gasteiger partial charge in [-0.1, -0.05) is 0 Å². The van der Waals surface area contributed by atoms with E-state index in [2.05, 4.69) is 0 Å². The molecule has 1 atom stereocenters. The largest absolute Gasteiger partial charge is 0.465 e. The summed E-state index contributed by atoms with van der Waals surface area (Å²) in [7, 11) is 0. The molecule has 0 aliphatic carbocycles. The van der Waals surface area contributed by atoms with Crippen LogP contribution in [0.1, 0.15) is 18.6 Å². The molecule has 1 amide bonds. The summed E-state index contributed by atoms with van der Waals surface area (Å²) < 4.78 is 5.08. The molecule has 0 radical (unpaired) electrons. The summed E-state index contributed by atoms with van der Waals surface area (Å²) in [6.45, 7) is 0.864. The topological polar surface area (TPSA) is 77.5 Å². The summed E-state index contributed by atoms with van der Waals surface area (Å²) >= 11 is 0. The molecule has 0 bridgehead atoms. The highest BCUT2D eigenvalue weighted by Gasteiger charge is 2.24. The molecule has 1 saturated heterocycles. The fourth-order valence-electron chi connectivity index (χ4n) is 1.97. The molecule has 0 saturated carbocycles. The maximum atomic E-state index is 12.1. The smallest absolute Gasteiger partial charge is 0.264 e. The highest BCUT2D eigenvalue weighted by atomic mass is 16.3. The molecule has 5 nitrogen and oxygen atoms in total. The van der Waals surface area contributed by atoms with E-state index in [0.717, 1.165) is 6.42 Å². The lowest BCUT2D eigenvalue weighted by atomic mass is 10.1. The van der Waals surface area contributed by atoms with Crippen molar-refractivity contribution in [3.05, 3.63) is 29.7 Å². The van der Waals surface area contributed by atoms with Crippen molar-refractivity contribution in [2.24, 2.45) is 0 Å². The predicted octanol–water partition coefficient (Wildman–Crippen LogP) is 1.17. The maximum Gasteiger partial charge on any atom is 0.264 e. The van der Waals surface area contributed by atoms with Gasteiger partial charge < -0.3 is 14.4 Å². The monoisotopic (exact) mass is 246 g/mol. The molecule has 1 aliphatic heterocycles. The van der Waals surface area contributed by atoms with E-state index < -0.39 is 6.10 Å². The molecular formula is C13H14N2O3. The Kier molecular flexibility index (Phi) is 3.80. The lowest BCUT2D eigenvalue weighted by molar-refractivity contribution is -0.129. The van der Waals surface area contributed by atoms with E-state index in [9.17, 15) is 9.90 Å². The van der Waals surface area contributed by atoms with Gasteiger partial charge in [0, 0.05) is 19.2 Å². The molecule has 0 aromatic carbocycles. The molecule has 1 aliphatic rings. The van der Waals surface area contributed by atoms with Crippen molar-refractivity contribution in [3.8, 4) is 6.07 Å². The van der Waals surface area contributed by atoms with Crippen LogP contribution in [-0.2, 0) is 4.79 Å². The van der Waals surface area contributed by atoms with Gasteiger partial charge in [-0.05, 0) is 25.0 Å². The third-order valence-electron chi connectivity index (χ3n) is 2.86. The van der Waals surface area contributed by atoms with Gasteiger partial charge in [0.1, 0.15) is 17.4 Å². The van der Waals surface area contributed by atoms with Gasteiger partial charge in [0.25, 0.3) is 5.91 Å². The van der Waals surface area contributed by atoms with Gasteiger partial charge in [0.15, 0.2) is 0 Å². The minimum atomic E-state index is -0.494. The van der Waals surface area contributed by atoms with Gasteiger partial charge in [-0.3, -0.25) is 4.79 Å². The molecular weight excluding hydrogens is 232 g/mol. The van der Waals surface area contributed by atoms with Crippen molar-refractivity contribution in [2.75, 3.05) is 13.1 Å². The molecule has 2 rings (SSSR count). The Hall–Kier alpha value is -2.06. The summed E-state index contributed by atoms with van der Waals surface area (Å²) in [5, 5.41) is 18.5. The Labute approximate surface area is 105 Å². The number of aliphatic hydroxyl groups is 1. The van der Waals surface area contributed by atoms with Gasteiger partial charge in [0.2, 0.25) is 0 Å². The second-order valence-corrected chi connectivity index (χ2v) is 4.23. The van der Waals surface area contributed by atoms with E-state index in [1.807, 2.05) is 6.07 Å². The summed E-state index contributed by atoms with van der Waals surface area (Å²) in [5.74, 6) is 0.116. The average Bonchev–Trinajstić information content (AvgIpc) is 2.88. The van der Waals surface area contributed by atoms with Gasteiger partial charge in [-0.2, -0.15) is 5.26 Å². The van der Waals surface area contributed by atoms with E-state index in [1.165, 1.54) is 17.2 Å². The normalized spacial score (nSPS) is 20.6. The van der Waals surface area contributed by atoms with Gasteiger partial charge in [0.05, 0.1) is 12.4 Å². The molecule has 2 heterocycles. The van der Waals surface area contributed by atoms with Crippen LogP contribution in [0.25, 0.3) is 6.08 Å². The SMILES string of the molecule is N#C/C(=C\c1ccco1)C(=O)N1CCCC(O)C1. The zero-order valence-corrected chi connectivity index (χ0v) is 9.87. The van der Waals surface area contributed by atoms with Crippen LogP contribution in [-0.4, -0.2) is 35.1 Å². The molecule has 1 N–H and O–H groups in total.